The summed E-state index contributed by atoms with van der Waals surface area (Å²) >= 11 is 5.77. The fraction of sp³-hybridized carbons (Fsp3) is 0.462. The van der Waals surface area contributed by atoms with E-state index in [0.717, 1.165) is 0 Å². The van der Waals surface area contributed by atoms with Gasteiger partial charge in [-0.25, -0.2) is 0 Å². The molecule has 0 atom stereocenters. The Morgan fingerprint density at radius 2 is 2.18 bits per heavy atom. The van der Waals surface area contributed by atoms with Gasteiger partial charge in [-0.1, -0.05) is 31.5 Å². The van der Waals surface area contributed by atoms with Crippen LogP contribution in [0.4, 0.5) is 0 Å². The van der Waals surface area contributed by atoms with Crippen molar-refractivity contribution in [2.24, 2.45) is 5.92 Å². The predicted octanol–water partition coefficient (Wildman–Crippen LogP) is 3.31. The van der Waals surface area contributed by atoms with Crippen molar-refractivity contribution in [3.05, 3.63) is 29.3 Å². The van der Waals surface area contributed by atoms with Crippen molar-refractivity contribution in [1.82, 2.24) is 0 Å². The summed E-state index contributed by atoms with van der Waals surface area (Å²) in [6.45, 7) is 5.16. The number of carbonyl (C=O) groups is 1. The topological polar surface area (TPSA) is 35.5 Å². The molecular formula is C13H17ClO3. The fourth-order valence-corrected chi connectivity index (χ4v) is 1.37. The van der Waals surface area contributed by atoms with E-state index >= 15 is 0 Å². The zero-order valence-electron chi connectivity index (χ0n) is 10.1. The predicted molar refractivity (Wildman–Crippen MR) is 67.4 cm³/mol. The molecule has 0 aliphatic carbocycles. The Bertz CT molecular complexity index is 363. The van der Waals surface area contributed by atoms with Gasteiger partial charge < -0.3 is 9.47 Å². The molecule has 4 heteroatoms. The molecule has 0 aliphatic heterocycles. The fourth-order valence-electron chi connectivity index (χ4n) is 1.19. The second-order valence-corrected chi connectivity index (χ2v) is 4.59. The van der Waals surface area contributed by atoms with Gasteiger partial charge in [0.2, 0.25) is 0 Å². The molecule has 1 rings (SSSR count). The summed E-state index contributed by atoms with van der Waals surface area (Å²) in [5.41, 5.74) is 0. The molecule has 0 heterocycles. The lowest BCUT2D eigenvalue weighted by molar-refractivity contribution is -0.135. The van der Waals surface area contributed by atoms with Crippen molar-refractivity contribution in [3.63, 3.8) is 0 Å². The van der Waals surface area contributed by atoms with Gasteiger partial charge in [-0.05, 0) is 24.1 Å². The number of ether oxygens (including phenoxy) is 2. The zero-order chi connectivity index (χ0) is 12.7. The van der Waals surface area contributed by atoms with E-state index in [1.54, 1.807) is 24.3 Å². The molecule has 0 N–H and O–H groups in total. The van der Waals surface area contributed by atoms with E-state index in [4.69, 9.17) is 21.1 Å². The van der Waals surface area contributed by atoms with Gasteiger partial charge in [-0.2, -0.15) is 0 Å². The Labute approximate surface area is 107 Å². The van der Waals surface area contributed by atoms with Crippen LogP contribution in [-0.4, -0.2) is 19.2 Å². The van der Waals surface area contributed by atoms with Gasteiger partial charge in [0, 0.05) is 11.6 Å². The molecule has 0 fully saturated rings. The Kier molecular flexibility index (Phi) is 6.01. The van der Waals surface area contributed by atoms with Gasteiger partial charge >= 0.3 is 5.97 Å². The summed E-state index contributed by atoms with van der Waals surface area (Å²) < 4.78 is 10.4. The third-order valence-electron chi connectivity index (χ3n) is 1.93. The van der Waals surface area contributed by atoms with Crippen LogP contribution in [0.2, 0.25) is 5.02 Å². The summed E-state index contributed by atoms with van der Waals surface area (Å²) in [4.78, 5) is 11.4. The molecule has 0 saturated carbocycles. The zero-order valence-corrected chi connectivity index (χ0v) is 10.9. The molecule has 0 saturated heterocycles. The Balaban J connectivity index is 2.25. The van der Waals surface area contributed by atoms with E-state index in [9.17, 15) is 4.79 Å². The molecule has 0 aliphatic rings. The van der Waals surface area contributed by atoms with E-state index in [1.807, 2.05) is 0 Å². The first-order valence-corrected chi connectivity index (χ1v) is 5.99. The van der Waals surface area contributed by atoms with Crippen molar-refractivity contribution in [2.45, 2.75) is 20.3 Å². The van der Waals surface area contributed by atoms with Crippen LogP contribution in [0.3, 0.4) is 0 Å². The van der Waals surface area contributed by atoms with Crippen LogP contribution in [0.15, 0.2) is 24.3 Å². The molecule has 0 bridgehead atoms. The summed E-state index contributed by atoms with van der Waals surface area (Å²) in [6.07, 6.45) is 0.249. The Hall–Kier alpha value is -1.06. The molecule has 1 aromatic carbocycles. The highest BCUT2D eigenvalue weighted by Gasteiger charge is 2.05. The summed E-state index contributed by atoms with van der Waals surface area (Å²) in [5.74, 6) is 0.626. The molecule has 0 unspecified atom stereocenters. The van der Waals surface area contributed by atoms with Gasteiger partial charge in [-0.3, -0.25) is 4.79 Å². The molecule has 94 valence electrons. The monoisotopic (exact) mass is 256 g/mol. The first-order valence-electron chi connectivity index (χ1n) is 5.62. The highest BCUT2D eigenvalue weighted by molar-refractivity contribution is 6.30. The number of hydrogen-bond acceptors (Lipinski definition) is 3. The van der Waals surface area contributed by atoms with Crippen molar-refractivity contribution >= 4 is 17.6 Å². The second kappa shape index (κ2) is 7.30. The maximum atomic E-state index is 11.4. The van der Waals surface area contributed by atoms with Gasteiger partial charge in [0.1, 0.15) is 5.75 Å². The first-order chi connectivity index (χ1) is 8.08. The number of rotatable bonds is 6. The van der Waals surface area contributed by atoms with Crippen molar-refractivity contribution in [3.8, 4) is 5.75 Å². The lowest BCUT2D eigenvalue weighted by Gasteiger charge is -2.07. The minimum Gasteiger partial charge on any atom is -0.426 e. The standard InChI is InChI=1S/C13H17ClO3/c1-10(2)9-16-7-6-13(15)17-12-5-3-4-11(14)8-12/h3-5,8,10H,6-7,9H2,1-2H3. The molecule has 3 nitrogen and oxygen atoms in total. The van der Waals surface area contributed by atoms with Crippen LogP contribution in [0.5, 0.6) is 5.75 Å². The molecule has 17 heavy (non-hydrogen) atoms. The van der Waals surface area contributed by atoms with Crippen molar-refractivity contribution in [2.75, 3.05) is 13.2 Å². The smallest absolute Gasteiger partial charge is 0.313 e. The number of esters is 1. The van der Waals surface area contributed by atoms with Gasteiger partial charge in [-0.15, -0.1) is 0 Å². The van der Waals surface area contributed by atoms with Crippen LogP contribution in [0, 0.1) is 5.92 Å². The highest BCUT2D eigenvalue weighted by Crippen LogP contribution is 2.17. The quantitative estimate of drug-likeness (QED) is 0.445. The molecule has 1 aromatic rings. The first kappa shape index (κ1) is 14.0. The average molecular weight is 257 g/mol. The molecule has 0 radical (unpaired) electrons. The van der Waals surface area contributed by atoms with E-state index in [0.29, 0.717) is 29.9 Å². The lowest BCUT2D eigenvalue weighted by Crippen LogP contribution is -2.12. The third kappa shape index (κ3) is 6.29. The minimum absolute atomic E-state index is 0.249. The van der Waals surface area contributed by atoms with E-state index in [-0.39, 0.29) is 12.4 Å². The number of carbonyl (C=O) groups excluding carboxylic acids is 1. The lowest BCUT2D eigenvalue weighted by atomic mass is 10.2. The maximum absolute atomic E-state index is 11.4. The molecule has 0 spiro atoms. The Morgan fingerprint density at radius 1 is 1.41 bits per heavy atom. The number of hydrogen-bond donors (Lipinski definition) is 0. The molecule has 0 amide bonds. The van der Waals surface area contributed by atoms with Crippen LogP contribution in [0.1, 0.15) is 20.3 Å². The SMILES string of the molecule is CC(C)COCCC(=O)Oc1cccc(Cl)c1. The Morgan fingerprint density at radius 3 is 2.82 bits per heavy atom. The van der Waals surface area contributed by atoms with Gasteiger partial charge in [0.15, 0.2) is 0 Å². The third-order valence-corrected chi connectivity index (χ3v) is 2.16. The summed E-state index contributed by atoms with van der Waals surface area (Å²) in [7, 11) is 0. The van der Waals surface area contributed by atoms with E-state index in [2.05, 4.69) is 13.8 Å². The highest BCUT2D eigenvalue weighted by atomic mass is 35.5. The van der Waals surface area contributed by atoms with Crippen LogP contribution < -0.4 is 4.74 Å². The summed E-state index contributed by atoms with van der Waals surface area (Å²) in [5, 5.41) is 0.548. The van der Waals surface area contributed by atoms with Crippen LogP contribution in [0.25, 0.3) is 0 Å². The van der Waals surface area contributed by atoms with Crippen molar-refractivity contribution < 1.29 is 14.3 Å². The van der Waals surface area contributed by atoms with Crippen molar-refractivity contribution in [1.29, 1.82) is 0 Å². The molecular weight excluding hydrogens is 240 g/mol. The van der Waals surface area contributed by atoms with Gasteiger partial charge in [0.25, 0.3) is 0 Å². The maximum Gasteiger partial charge on any atom is 0.313 e. The number of benzene rings is 1. The largest absolute Gasteiger partial charge is 0.426 e. The normalized spacial score (nSPS) is 10.6. The number of halogens is 1. The molecule has 0 aromatic heterocycles. The second-order valence-electron chi connectivity index (χ2n) is 4.15. The van der Waals surface area contributed by atoms with Crippen LogP contribution >= 0.6 is 11.6 Å². The van der Waals surface area contributed by atoms with Crippen LogP contribution in [-0.2, 0) is 9.53 Å². The van der Waals surface area contributed by atoms with Gasteiger partial charge in [0.05, 0.1) is 13.0 Å². The average Bonchev–Trinajstić information content (AvgIpc) is 2.24. The minimum atomic E-state index is -0.309. The summed E-state index contributed by atoms with van der Waals surface area (Å²) in [6, 6.07) is 6.76. The van der Waals surface area contributed by atoms with E-state index in [1.165, 1.54) is 0 Å². The van der Waals surface area contributed by atoms with E-state index < -0.39 is 0 Å².